The summed E-state index contributed by atoms with van der Waals surface area (Å²) in [6, 6.07) is 2.92. The number of hydrogen-bond donors (Lipinski definition) is 1. The van der Waals surface area contributed by atoms with Crippen LogP contribution in [0.4, 0.5) is 0 Å². The molecular weight excluding hydrogens is 184 g/mol. The Hall–Kier alpha value is -0.550. The molecular formula is C13H24N2. The Morgan fingerprint density at radius 2 is 2.00 bits per heavy atom. The lowest BCUT2D eigenvalue weighted by atomic mass is 9.85. The van der Waals surface area contributed by atoms with Crippen molar-refractivity contribution in [3.63, 3.8) is 0 Å². The van der Waals surface area contributed by atoms with E-state index in [0.717, 1.165) is 13.0 Å². The summed E-state index contributed by atoms with van der Waals surface area (Å²) in [6.07, 6.45) is 10.1. The maximum atomic E-state index is 9.01. The number of nitrogens with one attached hydrogen (secondary N) is 1. The van der Waals surface area contributed by atoms with E-state index in [1.807, 2.05) is 0 Å². The summed E-state index contributed by atoms with van der Waals surface area (Å²) >= 11 is 0. The van der Waals surface area contributed by atoms with Crippen LogP contribution < -0.4 is 5.32 Å². The van der Waals surface area contributed by atoms with Crippen LogP contribution in [0, 0.1) is 17.2 Å². The molecule has 0 aromatic carbocycles. The minimum Gasteiger partial charge on any atom is -0.313 e. The number of nitrogens with zero attached hydrogens (tertiary/aromatic N) is 1. The molecule has 86 valence electrons. The lowest BCUT2D eigenvalue weighted by molar-refractivity contribution is 0.311. The summed E-state index contributed by atoms with van der Waals surface area (Å²) < 4.78 is 0. The molecule has 1 saturated carbocycles. The van der Waals surface area contributed by atoms with Gasteiger partial charge in [-0.2, -0.15) is 5.26 Å². The van der Waals surface area contributed by atoms with Gasteiger partial charge in [-0.15, -0.1) is 0 Å². The highest BCUT2D eigenvalue weighted by atomic mass is 14.9. The molecule has 2 heteroatoms. The third-order valence-corrected chi connectivity index (χ3v) is 3.37. The van der Waals surface area contributed by atoms with Crippen LogP contribution in [0.1, 0.15) is 58.3 Å². The first kappa shape index (κ1) is 12.5. The Labute approximate surface area is 94.1 Å². The van der Waals surface area contributed by atoms with Crippen LogP contribution in [-0.2, 0) is 0 Å². The van der Waals surface area contributed by atoms with Crippen LogP contribution in [-0.4, -0.2) is 12.6 Å². The quantitative estimate of drug-likeness (QED) is 0.680. The van der Waals surface area contributed by atoms with Gasteiger partial charge in [0.25, 0.3) is 0 Å². The van der Waals surface area contributed by atoms with E-state index in [4.69, 9.17) is 5.26 Å². The molecule has 0 heterocycles. The van der Waals surface area contributed by atoms with E-state index in [1.54, 1.807) is 0 Å². The van der Waals surface area contributed by atoms with Crippen LogP contribution in [0.25, 0.3) is 0 Å². The van der Waals surface area contributed by atoms with Gasteiger partial charge < -0.3 is 5.32 Å². The molecule has 1 fully saturated rings. The number of hydrogen-bond acceptors (Lipinski definition) is 2. The van der Waals surface area contributed by atoms with Crippen molar-refractivity contribution in [1.82, 2.24) is 5.32 Å². The van der Waals surface area contributed by atoms with E-state index < -0.39 is 0 Å². The van der Waals surface area contributed by atoms with Crippen molar-refractivity contribution < 1.29 is 0 Å². The first-order chi connectivity index (χ1) is 7.38. The van der Waals surface area contributed by atoms with Crippen LogP contribution in [0.15, 0.2) is 0 Å². The van der Waals surface area contributed by atoms with Gasteiger partial charge in [-0.05, 0) is 25.8 Å². The van der Waals surface area contributed by atoms with Crippen molar-refractivity contribution in [2.24, 2.45) is 5.92 Å². The van der Waals surface area contributed by atoms with Gasteiger partial charge in [-0.3, -0.25) is 0 Å². The Balaban J connectivity index is 2.10. The Morgan fingerprint density at radius 1 is 1.20 bits per heavy atom. The average Bonchev–Trinajstić information content (AvgIpc) is 2.29. The third-order valence-electron chi connectivity index (χ3n) is 3.37. The highest BCUT2D eigenvalue weighted by Crippen LogP contribution is 2.23. The smallest absolute Gasteiger partial charge is 0.0672 e. The van der Waals surface area contributed by atoms with E-state index in [2.05, 4.69) is 18.3 Å². The van der Waals surface area contributed by atoms with Crippen LogP contribution in [0.5, 0.6) is 0 Å². The maximum Gasteiger partial charge on any atom is 0.0672 e. The molecule has 0 aliphatic heterocycles. The van der Waals surface area contributed by atoms with Gasteiger partial charge in [-0.25, -0.2) is 0 Å². The largest absolute Gasteiger partial charge is 0.313 e. The molecule has 15 heavy (non-hydrogen) atoms. The summed E-state index contributed by atoms with van der Waals surface area (Å²) in [4.78, 5) is 0. The highest BCUT2D eigenvalue weighted by molar-refractivity contribution is 4.94. The van der Waals surface area contributed by atoms with E-state index >= 15 is 0 Å². The van der Waals surface area contributed by atoms with Gasteiger partial charge in [0.1, 0.15) is 0 Å². The molecule has 0 saturated heterocycles. The minimum absolute atomic E-state index is 0.268. The fourth-order valence-electron chi connectivity index (χ4n) is 2.37. The molecule has 0 aromatic rings. The first-order valence-corrected chi connectivity index (χ1v) is 6.51. The molecule has 0 amide bonds. The zero-order valence-corrected chi connectivity index (χ0v) is 9.97. The van der Waals surface area contributed by atoms with E-state index in [0.29, 0.717) is 6.04 Å². The Morgan fingerprint density at radius 3 is 2.73 bits per heavy atom. The van der Waals surface area contributed by atoms with Crippen molar-refractivity contribution in [3.05, 3.63) is 0 Å². The zero-order chi connectivity index (χ0) is 10.9. The lowest BCUT2D eigenvalue weighted by Gasteiger charge is -2.27. The van der Waals surface area contributed by atoms with E-state index in [1.165, 1.54) is 44.9 Å². The fraction of sp³-hybridized carbons (Fsp3) is 0.923. The maximum absolute atomic E-state index is 9.01. The molecule has 2 atom stereocenters. The molecule has 0 aromatic heterocycles. The zero-order valence-electron chi connectivity index (χ0n) is 9.97. The molecule has 0 spiro atoms. The van der Waals surface area contributed by atoms with Crippen LogP contribution >= 0.6 is 0 Å². The van der Waals surface area contributed by atoms with Crippen LogP contribution in [0.2, 0.25) is 0 Å². The normalized spacial score (nSPS) is 26.1. The standard InChI is InChI=1S/C13H24N2/c1-2-3-4-7-10-15-13-9-6-5-8-12(13)11-14/h12-13,15H,2-10H2,1H3. The second kappa shape index (κ2) is 7.70. The predicted octanol–water partition coefficient (Wildman–Crippen LogP) is 3.24. The van der Waals surface area contributed by atoms with Gasteiger partial charge in [0, 0.05) is 6.04 Å². The first-order valence-electron chi connectivity index (χ1n) is 6.51. The third kappa shape index (κ3) is 4.66. The van der Waals surface area contributed by atoms with Gasteiger partial charge in [0.2, 0.25) is 0 Å². The van der Waals surface area contributed by atoms with Gasteiger partial charge in [0.15, 0.2) is 0 Å². The molecule has 0 bridgehead atoms. The predicted molar refractivity (Wildman–Crippen MR) is 63.5 cm³/mol. The van der Waals surface area contributed by atoms with E-state index in [-0.39, 0.29) is 5.92 Å². The van der Waals surface area contributed by atoms with Crippen LogP contribution in [0.3, 0.4) is 0 Å². The van der Waals surface area contributed by atoms with Crippen molar-refractivity contribution in [2.75, 3.05) is 6.54 Å². The molecule has 2 nitrogen and oxygen atoms in total. The SMILES string of the molecule is CCCCCCNC1CCCCC1C#N. The summed E-state index contributed by atoms with van der Waals surface area (Å²) in [7, 11) is 0. The summed E-state index contributed by atoms with van der Waals surface area (Å²) in [5.74, 6) is 0.268. The van der Waals surface area contributed by atoms with Gasteiger partial charge in [-0.1, -0.05) is 39.0 Å². The Kier molecular flexibility index (Phi) is 6.43. The number of nitriles is 1. The minimum atomic E-state index is 0.268. The molecule has 2 unspecified atom stereocenters. The number of unbranched alkanes of at least 4 members (excludes halogenated alkanes) is 3. The molecule has 1 aliphatic carbocycles. The average molecular weight is 208 g/mol. The lowest BCUT2D eigenvalue weighted by Crippen LogP contribution is -2.38. The molecule has 1 aliphatic rings. The second-order valence-electron chi connectivity index (χ2n) is 4.64. The number of rotatable bonds is 6. The second-order valence-corrected chi connectivity index (χ2v) is 4.64. The molecule has 1 rings (SSSR count). The van der Waals surface area contributed by atoms with E-state index in [9.17, 15) is 0 Å². The molecule has 0 radical (unpaired) electrons. The topological polar surface area (TPSA) is 35.8 Å². The summed E-state index contributed by atoms with van der Waals surface area (Å²) in [5.41, 5.74) is 0. The van der Waals surface area contributed by atoms with Crippen molar-refractivity contribution in [3.8, 4) is 6.07 Å². The summed E-state index contributed by atoms with van der Waals surface area (Å²) in [6.45, 7) is 3.34. The van der Waals surface area contributed by atoms with Gasteiger partial charge >= 0.3 is 0 Å². The molecule has 1 N–H and O–H groups in total. The van der Waals surface area contributed by atoms with Crippen molar-refractivity contribution >= 4 is 0 Å². The summed E-state index contributed by atoms with van der Waals surface area (Å²) in [5, 5.41) is 12.6. The van der Waals surface area contributed by atoms with Crippen molar-refractivity contribution in [2.45, 2.75) is 64.3 Å². The monoisotopic (exact) mass is 208 g/mol. The van der Waals surface area contributed by atoms with Crippen molar-refractivity contribution in [1.29, 1.82) is 5.26 Å². The highest BCUT2D eigenvalue weighted by Gasteiger charge is 2.23. The fourth-order valence-corrected chi connectivity index (χ4v) is 2.37. The Bertz CT molecular complexity index is 195. The van der Waals surface area contributed by atoms with Gasteiger partial charge in [0.05, 0.1) is 12.0 Å².